The monoisotopic (exact) mass is 893 g/mol. The topological polar surface area (TPSA) is 163 Å². The number of ketones is 3. The smallest absolute Gasteiger partial charge is 0.235 e. The molecular formula is C45H47Cl4N5O6. The van der Waals surface area contributed by atoms with Crippen molar-refractivity contribution in [2.75, 3.05) is 34.2 Å². The Labute approximate surface area is 369 Å². The summed E-state index contributed by atoms with van der Waals surface area (Å²) in [6.07, 6.45) is 0.602. The number of alkyl halides is 4. The van der Waals surface area contributed by atoms with Crippen LogP contribution in [0.3, 0.4) is 0 Å². The standard InChI is InChI=1S/C45H47Cl4N5O6/c1-22-29(12-11-28(55)15-46)24(3)42(25(4)32(22)19-50-37(56)16-47)53-35-13-14-36(41-40(35)44(59)30-9-7-8-10-31(30)45(41)60)54-43-26(5)33(20-51-38(57)17-48)23(2)34(27(43)6)21-52-39(58)18-49/h7-10,13-14,53-54H,11-12,15-21H2,1-6H3,(H,50,56)(H,51,57)(H,52,58). The van der Waals surface area contributed by atoms with Gasteiger partial charge in [-0.05, 0) is 116 Å². The zero-order valence-electron chi connectivity index (χ0n) is 34.3. The van der Waals surface area contributed by atoms with E-state index in [0.717, 1.165) is 55.6 Å². The van der Waals surface area contributed by atoms with Gasteiger partial charge in [0.25, 0.3) is 0 Å². The Bertz CT molecular complexity index is 2170. The molecule has 316 valence electrons. The fourth-order valence-electron chi connectivity index (χ4n) is 7.94. The molecule has 0 heterocycles. The maximum Gasteiger partial charge on any atom is 0.235 e. The number of Topliss-reactive ketones (excluding diaryl/α,β-unsaturated/α-hetero) is 1. The molecule has 1 aliphatic rings. The number of carbonyl (C=O) groups is 6. The first-order valence-corrected chi connectivity index (χ1v) is 21.4. The van der Waals surface area contributed by atoms with Gasteiger partial charge >= 0.3 is 0 Å². The van der Waals surface area contributed by atoms with E-state index in [9.17, 15) is 28.8 Å². The Balaban J connectivity index is 1.72. The lowest BCUT2D eigenvalue weighted by atomic mass is 9.81. The molecule has 0 saturated heterocycles. The zero-order valence-corrected chi connectivity index (χ0v) is 37.3. The van der Waals surface area contributed by atoms with Crippen LogP contribution in [-0.2, 0) is 45.2 Å². The second-order valence-corrected chi connectivity index (χ2v) is 15.8. The Morgan fingerprint density at radius 2 is 0.833 bits per heavy atom. The molecule has 60 heavy (non-hydrogen) atoms. The van der Waals surface area contributed by atoms with Crippen molar-refractivity contribution < 1.29 is 28.8 Å². The van der Waals surface area contributed by atoms with Gasteiger partial charge in [-0.1, -0.05) is 24.3 Å². The summed E-state index contributed by atoms with van der Waals surface area (Å²) in [4.78, 5) is 78.5. The van der Waals surface area contributed by atoms with E-state index in [-0.39, 0.29) is 107 Å². The highest BCUT2D eigenvalue weighted by Gasteiger charge is 2.35. The molecule has 0 saturated carbocycles. The van der Waals surface area contributed by atoms with Gasteiger partial charge in [0, 0.05) is 48.6 Å². The number of anilines is 4. The van der Waals surface area contributed by atoms with Crippen LogP contribution < -0.4 is 26.6 Å². The number of carbonyl (C=O) groups excluding carboxylic acids is 6. The predicted octanol–water partition coefficient (Wildman–Crippen LogP) is 8.11. The average molecular weight is 896 g/mol. The van der Waals surface area contributed by atoms with Crippen LogP contribution in [0.5, 0.6) is 0 Å². The summed E-state index contributed by atoms with van der Waals surface area (Å²) in [7, 11) is 0. The number of rotatable bonds is 17. The van der Waals surface area contributed by atoms with Crippen molar-refractivity contribution in [2.45, 2.75) is 74.0 Å². The minimum absolute atomic E-state index is 0.110. The first-order chi connectivity index (χ1) is 28.6. The molecule has 0 atom stereocenters. The second-order valence-electron chi connectivity index (χ2n) is 14.7. The number of fused-ring (bicyclic) bond motifs is 2. The van der Waals surface area contributed by atoms with Gasteiger partial charge in [0.1, 0.15) is 23.4 Å². The van der Waals surface area contributed by atoms with Crippen LogP contribution in [0.4, 0.5) is 22.7 Å². The van der Waals surface area contributed by atoms with Gasteiger partial charge in [-0.15, -0.1) is 46.4 Å². The molecule has 4 aromatic carbocycles. The van der Waals surface area contributed by atoms with Gasteiger partial charge in [0.05, 0.1) is 28.4 Å². The highest BCUT2D eigenvalue weighted by atomic mass is 35.5. The second kappa shape index (κ2) is 20.1. The van der Waals surface area contributed by atoms with Crippen LogP contribution in [0.25, 0.3) is 0 Å². The van der Waals surface area contributed by atoms with Crippen molar-refractivity contribution in [3.8, 4) is 0 Å². The van der Waals surface area contributed by atoms with Crippen molar-refractivity contribution in [2.24, 2.45) is 0 Å². The first kappa shape index (κ1) is 46.1. The molecule has 0 aliphatic heterocycles. The van der Waals surface area contributed by atoms with Crippen LogP contribution in [0.15, 0.2) is 36.4 Å². The number of halogens is 4. The lowest BCUT2D eigenvalue weighted by Crippen LogP contribution is -2.27. The van der Waals surface area contributed by atoms with Crippen LogP contribution >= 0.6 is 46.4 Å². The van der Waals surface area contributed by atoms with Crippen molar-refractivity contribution in [1.82, 2.24) is 16.0 Å². The number of nitrogens with one attached hydrogen (secondary N) is 5. The Morgan fingerprint density at radius 1 is 0.483 bits per heavy atom. The molecular weight excluding hydrogens is 848 g/mol. The summed E-state index contributed by atoms with van der Waals surface area (Å²) in [6, 6.07) is 10.2. The third-order valence-corrected chi connectivity index (χ3v) is 12.3. The predicted molar refractivity (Wildman–Crippen MR) is 239 cm³/mol. The Kier molecular flexibility index (Phi) is 15.4. The van der Waals surface area contributed by atoms with Crippen molar-refractivity contribution in [1.29, 1.82) is 0 Å². The Hall–Kier alpha value is -4.94. The van der Waals surface area contributed by atoms with Crippen molar-refractivity contribution in [3.05, 3.63) is 114 Å². The van der Waals surface area contributed by atoms with Gasteiger partial charge in [0.15, 0.2) is 11.6 Å². The molecule has 0 unspecified atom stereocenters. The van der Waals surface area contributed by atoms with Gasteiger partial charge in [-0.3, -0.25) is 28.8 Å². The molecule has 0 aromatic heterocycles. The minimum Gasteiger partial charge on any atom is -0.354 e. The molecule has 4 aromatic rings. The van der Waals surface area contributed by atoms with Crippen LogP contribution in [0.2, 0.25) is 0 Å². The van der Waals surface area contributed by atoms with Crippen molar-refractivity contribution >= 4 is 104 Å². The largest absolute Gasteiger partial charge is 0.354 e. The van der Waals surface area contributed by atoms with E-state index in [1.54, 1.807) is 36.4 Å². The molecule has 0 fully saturated rings. The molecule has 3 amide bonds. The molecule has 1 aliphatic carbocycles. The zero-order chi connectivity index (χ0) is 44.0. The summed E-state index contributed by atoms with van der Waals surface area (Å²) in [6.45, 7) is 11.9. The van der Waals surface area contributed by atoms with Crippen LogP contribution in [0.1, 0.15) is 93.9 Å². The van der Waals surface area contributed by atoms with Gasteiger partial charge in [-0.25, -0.2) is 0 Å². The molecule has 0 spiro atoms. The van der Waals surface area contributed by atoms with E-state index in [1.165, 1.54) is 0 Å². The first-order valence-electron chi connectivity index (χ1n) is 19.3. The van der Waals surface area contributed by atoms with E-state index in [2.05, 4.69) is 26.6 Å². The Morgan fingerprint density at radius 3 is 1.18 bits per heavy atom. The molecule has 5 rings (SSSR count). The van der Waals surface area contributed by atoms with Crippen molar-refractivity contribution in [3.63, 3.8) is 0 Å². The van der Waals surface area contributed by atoms with E-state index < -0.39 is 0 Å². The summed E-state index contributed by atoms with van der Waals surface area (Å²) in [5.41, 5.74) is 11.1. The SMILES string of the molecule is Cc1c(CCC(=O)CCl)c(C)c(Nc2ccc(Nc3c(C)c(CNC(=O)CCl)c(C)c(CNC(=O)CCl)c3C)c3c2C(=O)c2ccccc2C3=O)c(C)c1CNC(=O)CCl. The fraction of sp³-hybridized carbons (Fsp3) is 0.333. The van der Waals surface area contributed by atoms with Crippen LogP contribution in [0, 0.1) is 41.5 Å². The van der Waals surface area contributed by atoms with E-state index in [4.69, 9.17) is 46.4 Å². The highest BCUT2D eigenvalue weighted by molar-refractivity contribution is 6.32. The molecule has 0 bridgehead atoms. The number of hydrogen-bond donors (Lipinski definition) is 5. The third-order valence-electron chi connectivity index (χ3n) is 11.3. The quantitative estimate of drug-likeness (QED) is 0.0585. The van der Waals surface area contributed by atoms with E-state index in [0.29, 0.717) is 29.2 Å². The average Bonchev–Trinajstić information content (AvgIpc) is 3.24. The molecule has 0 radical (unpaired) electrons. The van der Waals surface area contributed by atoms with E-state index in [1.807, 2.05) is 41.5 Å². The summed E-state index contributed by atoms with van der Waals surface area (Å²) in [5, 5.41) is 15.5. The number of hydrogen-bond acceptors (Lipinski definition) is 8. The lowest BCUT2D eigenvalue weighted by Gasteiger charge is -2.28. The molecule has 5 N–H and O–H groups in total. The maximum absolute atomic E-state index is 14.7. The highest BCUT2D eigenvalue weighted by Crippen LogP contribution is 2.42. The van der Waals surface area contributed by atoms with Crippen LogP contribution in [-0.4, -0.2) is 58.6 Å². The summed E-state index contributed by atoms with van der Waals surface area (Å²) in [5.74, 6) is -2.66. The molecule has 11 nitrogen and oxygen atoms in total. The fourth-order valence-corrected chi connectivity index (χ4v) is 8.35. The van der Waals surface area contributed by atoms with Gasteiger partial charge in [-0.2, -0.15) is 0 Å². The minimum atomic E-state index is -0.361. The lowest BCUT2D eigenvalue weighted by molar-refractivity contribution is -0.119. The van der Waals surface area contributed by atoms with Gasteiger partial charge in [0.2, 0.25) is 17.7 Å². The summed E-state index contributed by atoms with van der Waals surface area (Å²) < 4.78 is 0. The van der Waals surface area contributed by atoms with E-state index >= 15 is 0 Å². The third kappa shape index (κ3) is 9.50. The maximum atomic E-state index is 14.7. The normalized spacial score (nSPS) is 11.8. The number of benzene rings is 4. The number of amides is 3. The summed E-state index contributed by atoms with van der Waals surface area (Å²) >= 11 is 23.3. The van der Waals surface area contributed by atoms with Gasteiger partial charge < -0.3 is 26.6 Å². The molecule has 15 heteroatoms.